The zero-order chi connectivity index (χ0) is 12.3. The van der Waals surface area contributed by atoms with Crippen molar-refractivity contribution in [3.05, 3.63) is 30.5 Å². The molecular weight excluding hydrogens is 234 g/mol. The molecule has 0 bridgehead atoms. The van der Waals surface area contributed by atoms with Gasteiger partial charge in [0.05, 0.1) is 11.4 Å². The summed E-state index contributed by atoms with van der Waals surface area (Å²) in [4.78, 5) is 8.48. The number of nitrogens with two attached hydrogens (primary N) is 1. The third-order valence-electron chi connectivity index (χ3n) is 2.27. The van der Waals surface area contributed by atoms with Crippen LogP contribution >= 0.6 is 11.8 Å². The lowest BCUT2D eigenvalue weighted by atomic mass is 10.4. The number of nitrogen functional groups attached to an aromatic ring is 1. The summed E-state index contributed by atoms with van der Waals surface area (Å²) < 4.78 is 1.91. The van der Waals surface area contributed by atoms with Gasteiger partial charge in [-0.3, -0.25) is 0 Å². The highest BCUT2D eigenvalue weighted by Crippen LogP contribution is 2.25. The van der Waals surface area contributed by atoms with E-state index in [4.69, 9.17) is 5.73 Å². The molecule has 0 amide bonds. The molecule has 2 N–H and O–H groups in total. The van der Waals surface area contributed by atoms with E-state index in [9.17, 15) is 0 Å². The molecule has 2 rings (SSSR count). The van der Waals surface area contributed by atoms with Crippen LogP contribution in [0.4, 0.5) is 5.69 Å². The van der Waals surface area contributed by atoms with E-state index < -0.39 is 0 Å². The minimum atomic E-state index is 0.314. The van der Waals surface area contributed by atoms with Gasteiger partial charge in [0, 0.05) is 12.2 Å². The van der Waals surface area contributed by atoms with Gasteiger partial charge in [-0.15, -0.1) is 0 Å². The lowest BCUT2D eigenvalue weighted by molar-refractivity contribution is 0.514. The van der Waals surface area contributed by atoms with E-state index in [1.165, 1.54) is 0 Å². The van der Waals surface area contributed by atoms with Gasteiger partial charge in [0.2, 0.25) is 0 Å². The first kappa shape index (κ1) is 11.9. The van der Waals surface area contributed by atoms with Crippen molar-refractivity contribution in [2.24, 2.45) is 0 Å². The zero-order valence-corrected chi connectivity index (χ0v) is 10.7. The number of pyridine rings is 1. The molecule has 6 heteroatoms. The first-order valence-electron chi connectivity index (χ1n) is 5.40. The summed E-state index contributed by atoms with van der Waals surface area (Å²) in [6.07, 6.45) is 3.32. The Bertz CT molecular complexity index is 494. The van der Waals surface area contributed by atoms with Gasteiger partial charge in [-0.05, 0) is 26.0 Å². The van der Waals surface area contributed by atoms with E-state index in [-0.39, 0.29) is 0 Å². The van der Waals surface area contributed by atoms with E-state index >= 15 is 0 Å². The van der Waals surface area contributed by atoms with Gasteiger partial charge >= 0.3 is 0 Å². The molecule has 0 spiro atoms. The molecule has 0 saturated heterocycles. The molecule has 0 atom stereocenters. The first-order valence-corrected chi connectivity index (χ1v) is 6.38. The second-order valence-corrected chi connectivity index (χ2v) is 4.87. The smallest absolute Gasteiger partial charge is 0.138 e. The van der Waals surface area contributed by atoms with Crippen LogP contribution in [0.1, 0.15) is 25.7 Å². The zero-order valence-electron chi connectivity index (χ0n) is 9.87. The Labute approximate surface area is 104 Å². The fraction of sp³-hybridized carbons (Fsp3) is 0.364. The number of rotatable bonds is 4. The lowest BCUT2D eigenvalue weighted by Crippen LogP contribution is -2.07. The molecule has 0 aliphatic carbocycles. The summed E-state index contributed by atoms with van der Waals surface area (Å²) >= 11 is 1.58. The van der Waals surface area contributed by atoms with Crippen LogP contribution in [0.3, 0.4) is 0 Å². The highest BCUT2D eigenvalue weighted by molar-refractivity contribution is 7.98. The molecule has 2 aromatic rings. The highest BCUT2D eigenvalue weighted by Gasteiger charge is 2.09. The van der Waals surface area contributed by atoms with Crippen LogP contribution in [0.25, 0.3) is 0 Å². The maximum Gasteiger partial charge on any atom is 0.138 e. The SMILES string of the molecule is CC(C)n1ncnc1CSc1ncccc1N. The fourth-order valence-electron chi connectivity index (χ4n) is 1.47. The molecule has 0 radical (unpaired) electrons. The number of thioether (sulfide) groups is 1. The highest BCUT2D eigenvalue weighted by atomic mass is 32.2. The summed E-state index contributed by atoms with van der Waals surface area (Å²) in [5, 5.41) is 5.03. The molecule has 0 saturated carbocycles. The molecule has 0 fully saturated rings. The average molecular weight is 249 g/mol. The maximum absolute atomic E-state index is 5.83. The molecule has 2 heterocycles. The van der Waals surface area contributed by atoms with E-state index in [2.05, 4.69) is 28.9 Å². The Morgan fingerprint density at radius 3 is 2.94 bits per heavy atom. The monoisotopic (exact) mass is 249 g/mol. The number of hydrogen-bond donors (Lipinski definition) is 1. The molecule has 17 heavy (non-hydrogen) atoms. The van der Waals surface area contributed by atoms with Gasteiger partial charge in [-0.2, -0.15) is 5.10 Å². The van der Waals surface area contributed by atoms with Gasteiger partial charge in [-0.1, -0.05) is 11.8 Å². The molecule has 0 aliphatic heterocycles. The Hall–Kier alpha value is -1.56. The topological polar surface area (TPSA) is 69.6 Å². The quantitative estimate of drug-likeness (QED) is 0.841. The van der Waals surface area contributed by atoms with Crippen LogP contribution < -0.4 is 5.73 Å². The Balaban J connectivity index is 2.08. The Morgan fingerprint density at radius 1 is 1.41 bits per heavy atom. The Morgan fingerprint density at radius 2 is 2.24 bits per heavy atom. The van der Waals surface area contributed by atoms with Crippen LogP contribution in [0, 0.1) is 0 Å². The minimum absolute atomic E-state index is 0.314. The third-order valence-corrected chi connectivity index (χ3v) is 3.29. The predicted octanol–water partition coefficient (Wildman–Crippen LogP) is 2.13. The van der Waals surface area contributed by atoms with Crippen molar-refractivity contribution in [3.63, 3.8) is 0 Å². The molecule has 0 aliphatic rings. The molecule has 90 valence electrons. The van der Waals surface area contributed by atoms with Crippen molar-refractivity contribution < 1.29 is 0 Å². The standard InChI is InChI=1S/C11H15N5S/c1-8(2)16-10(14-7-15-16)6-17-11-9(12)4-3-5-13-11/h3-5,7-8H,6,12H2,1-2H3. The first-order chi connectivity index (χ1) is 8.18. The van der Waals surface area contributed by atoms with Crippen molar-refractivity contribution in [1.82, 2.24) is 19.7 Å². The van der Waals surface area contributed by atoms with Crippen LogP contribution in [-0.4, -0.2) is 19.7 Å². The van der Waals surface area contributed by atoms with Gasteiger partial charge in [0.25, 0.3) is 0 Å². The third kappa shape index (κ3) is 2.76. The number of aromatic nitrogens is 4. The van der Waals surface area contributed by atoms with Crippen molar-refractivity contribution in [3.8, 4) is 0 Å². The molecule has 0 unspecified atom stereocenters. The average Bonchev–Trinajstić information content (AvgIpc) is 2.76. The fourth-order valence-corrected chi connectivity index (χ4v) is 2.31. The van der Waals surface area contributed by atoms with Crippen LogP contribution in [0.2, 0.25) is 0 Å². The van der Waals surface area contributed by atoms with Crippen LogP contribution in [0.15, 0.2) is 29.7 Å². The minimum Gasteiger partial charge on any atom is -0.397 e. The van der Waals surface area contributed by atoms with Gasteiger partial charge in [-0.25, -0.2) is 14.6 Å². The van der Waals surface area contributed by atoms with Crippen LogP contribution in [0.5, 0.6) is 0 Å². The van der Waals surface area contributed by atoms with Gasteiger partial charge in [0.1, 0.15) is 17.2 Å². The van der Waals surface area contributed by atoms with Crippen LogP contribution in [-0.2, 0) is 5.75 Å². The van der Waals surface area contributed by atoms with Crippen molar-refractivity contribution in [2.45, 2.75) is 30.7 Å². The summed E-state index contributed by atoms with van der Waals surface area (Å²) in [5.41, 5.74) is 6.53. The maximum atomic E-state index is 5.83. The summed E-state index contributed by atoms with van der Waals surface area (Å²) in [5.74, 6) is 1.66. The second kappa shape index (κ2) is 5.18. The van der Waals surface area contributed by atoms with E-state index in [0.29, 0.717) is 11.7 Å². The Kier molecular flexibility index (Phi) is 3.63. The molecular formula is C11H15N5S. The van der Waals surface area contributed by atoms with Gasteiger partial charge < -0.3 is 5.73 Å². The lowest BCUT2D eigenvalue weighted by Gasteiger charge is -2.09. The van der Waals surface area contributed by atoms with Crippen molar-refractivity contribution >= 4 is 17.4 Å². The number of anilines is 1. The van der Waals surface area contributed by atoms with E-state index in [0.717, 1.165) is 16.6 Å². The van der Waals surface area contributed by atoms with E-state index in [1.54, 1.807) is 24.3 Å². The summed E-state index contributed by atoms with van der Waals surface area (Å²) in [6, 6.07) is 3.99. The van der Waals surface area contributed by atoms with Crippen molar-refractivity contribution in [1.29, 1.82) is 0 Å². The molecule has 2 aromatic heterocycles. The normalized spacial score (nSPS) is 11.0. The second-order valence-electron chi connectivity index (χ2n) is 3.90. The largest absolute Gasteiger partial charge is 0.397 e. The summed E-state index contributed by atoms with van der Waals surface area (Å²) in [6.45, 7) is 4.16. The number of nitrogens with zero attached hydrogens (tertiary/aromatic N) is 4. The van der Waals surface area contributed by atoms with Crippen molar-refractivity contribution in [2.75, 3.05) is 5.73 Å². The van der Waals surface area contributed by atoms with Gasteiger partial charge in [0.15, 0.2) is 0 Å². The molecule has 5 nitrogen and oxygen atoms in total. The molecule has 0 aromatic carbocycles. The predicted molar refractivity (Wildman–Crippen MR) is 68.6 cm³/mol. The van der Waals surface area contributed by atoms with E-state index in [1.807, 2.05) is 16.8 Å². The number of hydrogen-bond acceptors (Lipinski definition) is 5. The summed E-state index contributed by atoms with van der Waals surface area (Å²) in [7, 11) is 0.